The topological polar surface area (TPSA) is 145 Å². The first kappa shape index (κ1) is 39.7. The number of rotatable bonds is 6. The number of esters is 1. The van der Waals surface area contributed by atoms with Crippen molar-refractivity contribution in [1.29, 1.82) is 0 Å². The normalized spacial score (nSPS) is 27.1. The molecule has 3 aromatic carbocycles. The van der Waals surface area contributed by atoms with E-state index in [1.807, 2.05) is 6.07 Å². The number of carbonyl (C=O) groups is 1. The van der Waals surface area contributed by atoms with Crippen LogP contribution in [0, 0.1) is 17.8 Å². The zero-order valence-corrected chi connectivity index (χ0v) is 35.5. The number of phenolic OH excluding ortho intramolecular Hbond substituents is 2. The number of nitrogens with one attached hydrogen (secondary N) is 2. The number of hydrogen-bond acceptors (Lipinski definition) is 10. The summed E-state index contributed by atoms with van der Waals surface area (Å²) in [6.45, 7) is 4.07. The highest BCUT2D eigenvalue weighted by molar-refractivity contribution is 5.84. The van der Waals surface area contributed by atoms with Gasteiger partial charge in [0, 0.05) is 58.7 Å². The second-order valence-corrected chi connectivity index (χ2v) is 18.4. The van der Waals surface area contributed by atoms with Crippen molar-refractivity contribution in [3.05, 3.63) is 92.7 Å². The molecule has 61 heavy (non-hydrogen) atoms. The largest absolute Gasteiger partial charge is 0.508 e. The SMILES string of the molecule is CCC1=CC2=C(C#CCc3cc(O)c4c(c3[C@H]3Oc5c(ccc6c5[C@@]5(CC[C@H](C2)C5)Cc2cc(O)cc(OC)c2-6)[C@@H]3COC(C)=O)C=C[C@@H](NC2CCCCC2)CO4)NC1N. The van der Waals surface area contributed by atoms with Gasteiger partial charge < -0.3 is 45.5 Å². The lowest BCUT2D eigenvalue weighted by Crippen LogP contribution is -2.41. The molecule has 6 N–H and O–H groups in total. The maximum atomic E-state index is 12.6. The van der Waals surface area contributed by atoms with Crippen LogP contribution in [0.3, 0.4) is 0 Å². The van der Waals surface area contributed by atoms with Crippen LogP contribution < -0.4 is 30.6 Å². The summed E-state index contributed by atoms with van der Waals surface area (Å²) < 4.78 is 26.0. The average Bonchev–Trinajstić information content (AvgIpc) is 3.74. The van der Waals surface area contributed by atoms with Gasteiger partial charge in [-0.1, -0.05) is 62.5 Å². The Morgan fingerprint density at radius 3 is 2.75 bits per heavy atom. The summed E-state index contributed by atoms with van der Waals surface area (Å²) >= 11 is 0. The zero-order chi connectivity index (χ0) is 42.0. The molecule has 4 heterocycles. The molecule has 4 bridgehead atoms. The van der Waals surface area contributed by atoms with Crippen LogP contribution in [-0.4, -0.2) is 54.8 Å². The maximum Gasteiger partial charge on any atom is 0.302 e. The van der Waals surface area contributed by atoms with Gasteiger partial charge in [0.15, 0.2) is 11.5 Å². The predicted octanol–water partition coefficient (Wildman–Crippen LogP) is 8.27. The second-order valence-electron chi connectivity index (χ2n) is 18.4. The van der Waals surface area contributed by atoms with Crippen LogP contribution >= 0.6 is 0 Å². The standard InChI is InChI=1S/C51H57N3O7/c1-4-30-20-32-19-29-17-18-51(24-29)25-33-21-36(56)23-43(58-3)44(33)38-16-15-37-40(27-59-28(2)55)48(61-49(37)46(38)51)45-31(9-8-12-41(32)54-50(30)52)22-42(57)47-39(45)14-13-35(26-60-47)53-34-10-6-5-7-11-34/h13-16,20-23,29,34-35,40,48,50,53-54,56-57H,4-7,9-11,17-19,24-27,52H2,1-3H3/t29-,35-,40+,48+,50?,51-/m1/s1. The van der Waals surface area contributed by atoms with Crippen molar-refractivity contribution >= 4 is 12.0 Å². The number of methoxy groups -OCH3 is 1. The van der Waals surface area contributed by atoms with Gasteiger partial charge in [-0.3, -0.25) is 4.79 Å². The van der Waals surface area contributed by atoms with Crippen molar-refractivity contribution in [2.45, 2.75) is 127 Å². The monoisotopic (exact) mass is 823 g/mol. The Morgan fingerprint density at radius 1 is 1.10 bits per heavy atom. The third-order valence-corrected chi connectivity index (χ3v) is 14.5. The number of ether oxygens (including phenoxy) is 4. The van der Waals surface area contributed by atoms with Crippen molar-refractivity contribution in [3.63, 3.8) is 0 Å². The summed E-state index contributed by atoms with van der Waals surface area (Å²) in [4.78, 5) is 12.6. The van der Waals surface area contributed by atoms with Crippen LogP contribution in [0.15, 0.2) is 59.3 Å². The minimum Gasteiger partial charge on any atom is -0.508 e. The number of allylic oxidation sites excluding steroid dienone is 3. The Morgan fingerprint density at radius 2 is 1.95 bits per heavy atom. The second kappa shape index (κ2) is 15.8. The Bertz CT molecular complexity index is 2450. The summed E-state index contributed by atoms with van der Waals surface area (Å²) in [6.07, 6.45) is 17.2. The molecule has 7 aliphatic rings. The van der Waals surface area contributed by atoms with Crippen LogP contribution in [0.25, 0.3) is 17.2 Å². The molecule has 1 unspecified atom stereocenters. The lowest BCUT2D eigenvalue weighted by Gasteiger charge is -2.39. The first-order chi connectivity index (χ1) is 29.6. The van der Waals surface area contributed by atoms with E-state index >= 15 is 0 Å². The van der Waals surface area contributed by atoms with E-state index in [1.54, 1.807) is 19.2 Å². The molecule has 10 heteroatoms. The van der Waals surface area contributed by atoms with E-state index < -0.39 is 6.10 Å². The van der Waals surface area contributed by atoms with Gasteiger partial charge in [0.05, 0.1) is 30.9 Å². The quantitative estimate of drug-likeness (QED) is 0.122. The molecular weight excluding hydrogens is 767 g/mol. The van der Waals surface area contributed by atoms with Crippen LogP contribution in [0.2, 0.25) is 0 Å². The fourth-order valence-corrected chi connectivity index (χ4v) is 11.8. The number of benzene rings is 3. The summed E-state index contributed by atoms with van der Waals surface area (Å²) in [7, 11) is 1.65. The molecule has 318 valence electrons. The molecule has 2 saturated carbocycles. The number of fused-ring (bicyclic) bond motifs is 8. The lowest BCUT2D eigenvalue weighted by molar-refractivity contribution is -0.141. The van der Waals surface area contributed by atoms with E-state index in [2.05, 4.69) is 59.8 Å². The fourth-order valence-electron chi connectivity index (χ4n) is 11.8. The van der Waals surface area contributed by atoms with Crippen molar-refractivity contribution < 1.29 is 34.0 Å². The molecule has 3 aromatic rings. The van der Waals surface area contributed by atoms with E-state index in [1.165, 1.54) is 31.8 Å². The average molecular weight is 824 g/mol. The highest BCUT2D eigenvalue weighted by atomic mass is 16.5. The van der Waals surface area contributed by atoms with Gasteiger partial charge in [-0.25, -0.2) is 0 Å². The van der Waals surface area contributed by atoms with Crippen LogP contribution in [-0.2, 0) is 27.8 Å². The number of hydrogen-bond donors (Lipinski definition) is 5. The number of phenols is 2. The smallest absolute Gasteiger partial charge is 0.302 e. The Kier molecular flexibility index (Phi) is 10.3. The van der Waals surface area contributed by atoms with Gasteiger partial charge >= 0.3 is 5.97 Å². The highest BCUT2D eigenvalue weighted by Crippen LogP contribution is 2.63. The van der Waals surface area contributed by atoms with Gasteiger partial charge in [0.1, 0.15) is 36.6 Å². The summed E-state index contributed by atoms with van der Waals surface area (Å²) in [5.74, 6) is 8.72. The van der Waals surface area contributed by atoms with E-state index in [4.69, 9.17) is 24.7 Å². The van der Waals surface area contributed by atoms with Crippen molar-refractivity contribution in [2.24, 2.45) is 11.7 Å². The first-order valence-corrected chi connectivity index (χ1v) is 22.4. The molecule has 2 fully saturated rings. The van der Waals surface area contributed by atoms with Gasteiger partial charge in [-0.15, -0.1) is 0 Å². The minimum atomic E-state index is -0.600. The summed E-state index contributed by atoms with van der Waals surface area (Å²) in [6, 6.07) is 10.1. The van der Waals surface area contributed by atoms with Gasteiger partial charge in [0.25, 0.3) is 0 Å². The number of carbonyl (C=O) groups excluding carboxylic acids is 1. The molecule has 0 aromatic heterocycles. The molecule has 10 nitrogen and oxygen atoms in total. The lowest BCUT2D eigenvalue weighted by atomic mass is 9.65. The molecule has 3 aliphatic carbocycles. The van der Waals surface area contributed by atoms with Crippen LogP contribution in [0.4, 0.5) is 0 Å². The summed E-state index contributed by atoms with van der Waals surface area (Å²) in [5, 5.41) is 30.1. The molecule has 0 saturated heterocycles. The number of nitrogens with two attached hydrogens (primary N) is 1. The summed E-state index contributed by atoms with van der Waals surface area (Å²) in [5.41, 5.74) is 17.2. The zero-order valence-electron chi connectivity index (χ0n) is 35.5. The molecule has 6 atom stereocenters. The van der Waals surface area contributed by atoms with E-state index in [0.29, 0.717) is 42.9 Å². The van der Waals surface area contributed by atoms with Gasteiger partial charge in [0.2, 0.25) is 0 Å². The van der Waals surface area contributed by atoms with Crippen molar-refractivity contribution in [2.75, 3.05) is 20.3 Å². The molecule has 1 spiro atoms. The van der Waals surface area contributed by atoms with Crippen LogP contribution in [0.1, 0.15) is 123 Å². The fraction of sp³-hybridized carbons (Fsp3) is 0.471. The molecule has 0 radical (unpaired) electrons. The minimum absolute atomic E-state index is 0.0455. The Labute approximate surface area is 358 Å². The Balaban J connectivity index is 1.20. The third-order valence-electron chi connectivity index (χ3n) is 14.5. The van der Waals surface area contributed by atoms with Gasteiger partial charge in [-0.2, -0.15) is 0 Å². The maximum absolute atomic E-state index is 12.6. The van der Waals surface area contributed by atoms with E-state index in [9.17, 15) is 15.0 Å². The number of dihydropyridines is 1. The molecular formula is C51H57N3O7. The highest BCUT2D eigenvalue weighted by Gasteiger charge is 2.51. The predicted molar refractivity (Wildman–Crippen MR) is 235 cm³/mol. The number of aromatic hydroxyl groups is 2. The third kappa shape index (κ3) is 7.04. The van der Waals surface area contributed by atoms with Gasteiger partial charge in [-0.05, 0) is 103 Å². The molecule has 4 aliphatic heterocycles. The van der Waals surface area contributed by atoms with E-state index in [0.717, 1.165) is 106 Å². The first-order valence-electron chi connectivity index (χ1n) is 22.4. The molecule has 0 amide bonds. The van der Waals surface area contributed by atoms with Crippen molar-refractivity contribution in [1.82, 2.24) is 10.6 Å². The van der Waals surface area contributed by atoms with E-state index in [-0.39, 0.29) is 47.6 Å². The van der Waals surface area contributed by atoms with Crippen LogP contribution in [0.5, 0.6) is 28.7 Å². The Hall–Kier alpha value is -5.37. The molecule has 10 rings (SSSR count). The van der Waals surface area contributed by atoms with Crippen molar-refractivity contribution in [3.8, 4) is 51.7 Å².